The Morgan fingerprint density at radius 1 is 1.14 bits per heavy atom. The van der Waals surface area contributed by atoms with Crippen LogP contribution < -0.4 is 20.7 Å². The maximum Gasteiger partial charge on any atom is 0.204 e. The second-order valence-corrected chi connectivity index (χ2v) is 9.62. The summed E-state index contributed by atoms with van der Waals surface area (Å²) in [6, 6.07) is 16.1. The zero-order chi connectivity index (χ0) is 24.7. The van der Waals surface area contributed by atoms with Crippen LogP contribution >= 0.6 is 0 Å². The lowest BCUT2D eigenvalue weighted by atomic mass is 9.68. The van der Waals surface area contributed by atoms with E-state index in [9.17, 15) is 5.11 Å². The highest BCUT2D eigenvalue weighted by molar-refractivity contribution is 5.81. The number of phenolic OH excluding ortho intramolecular Hbond substituents is 1. The summed E-state index contributed by atoms with van der Waals surface area (Å²) >= 11 is 0. The average Bonchev–Trinajstić information content (AvgIpc) is 3.72. The van der Waals surface area contributed by atoms with Gasteiger partial charge in [-0.2, -0.15) is 5.26 Å². The fourth-order valence-electron chi connectivity index (χ4n) is 4.92. The number of hydrogen-bond donors (Lipinski definition) is 4. The predicted octanol–water partition coefficient (Wildman–Crippen LogP) is 4.27. The number of ether oxygens (including phenoxy) is 1. The Hall–Kier alpha value is -3.66. The van der Waals surface area contributed by atoms with Gasteiger partial charge < -0.3 is 20.5 Å². The maximum absolute atomic E-state index is 10.4. The fourth-order valence-corrected chi connectivity index (χ4v) is 4.92. The van der Waals surface area contributed by atoms with E-state index in [1.165, 1.54) is 18.4 Å². The van der Waals surface area contributed by atoms with Crippen LogP contribution in [0.1, 0.15) is 49.7 Å². The van der Waals surface area contributed by atoms with Crippen LogP contribution in [0.3, 0.4) is 0 Å². The lowest BCUT2D eigenvalue weighted by Crippen LogP contribution is -2.48. The molecule has 7 nitrogen and oxygen atoms in total. The number of hydrogen-bond acceptors (Lipinski definition) is 5. The average molecular weight is 474 g/mol. The van der Waals surface area contributed by atoms with Crippen LogP contribution in [0.15, 0.2) is 60.1 Å². The molecule has 0 unspecified atom stereocenters. The van der Waals surface area contributed by atoms with Crippen LogP contribution in [0.4, 0.5) is 0 Å². The van der Waals surface area contributed by atoms with Crippen LogP contribution in [0.5, 0.6) is 11.5 Å². The Labute approximate surface area is 207 Å². The van der Waals surface area contributed by atoms with Gasteiger partial charge in [-0.15, -0.1) is 0 Å². The van der Waals surface area contributed by atoms with Crippen LogP contribution in [-0.2, 0) is 5.41 Å². The largest absolute Gasteiger partial charge is 0.507 e. The predicted molar refractivity (Wildman–Crippen MR) is 139 cm³/mol. The molecule has 2 saturated carbocycles. The van der Waals surface area contributed by atoms with Gasteiger partial charge in [0.1, 0.15) is 11.5 Å². The molecule has 0 aliphatic heterocycles. The molecule has 7 heteroatoms. The minimum Gasteiger partial charge on any atom is -0.507 e. The van der Waals surface area contributed by atoms with E-state index in [0.29, 0.717) is 35.4 Å². The van der Waals surface area contributed by atoms with Gasteiger partial charge in [0, 0.05) is 30.2 Å². The lowest BCUT2D eigenvalue weighted by Gasteiger charge is -2.41. The molecule has 0 radical (unpaired) electrons. The van der Waals surface area contributed by atoms with Crippen molar-refractivity contribution in [2.45, 2.75) is 50.0 Å². The second-order valence-electron chi connectivity index (χ2n) is 9.62. The van der Waals surface area contributed by atoms with Gasteiger partial charge >= 0.3 is 0 Å². The Morgan fingerprint density at radius 2 is 1.89 bits per heavy atom. The van der Waals surface area contributed by atoms with Crippen molar-refractivity contribution in [2.75, 3.05) is 20.2 Å². The molecule has 0 heterocycles. The number of methoxy groups -OCH3 is 1. The standard InChI is InChI=1S/C28H35N5O2/c1-20(26-24(34)9-6-10-25(26)35-2)31-18-28(22-7-4-3-5-8-22)15-13-23(14-16-28)33-27(32-19-29)30-17-21-11-12-21/h3-10,21,23,31,34H,1,11-18H2,2H3,(H2,30,32,33). The number of aromatic hydroxyl groups is 1. The highest BCUT2D eigenvalue weighted by Gasteiger charge is 2.37. The van der Waals surface area contributed by atoms with Crippen molar-refractivity contribution in [3.8, 4) is 17.7 Å². The summed E-state index contributed by atoms with van der Waals surface area (Å²) in [6.45, 7) is 5.67. The highest BCUT2D eigenvalue weighted by Crippen LogP contribution is 2.40. The maximum atomic E-state index is 10.4. The topological polar surface area (TPSA) is 102 Å². The molecule has 2 aromatic carbocycles. The molecular weight excluding hydrogens is 438 g/mol. The number of rotatable bonds is 9. The van der Waals surface area contributed by atoms with E-state index in [0.717, 1.165) is 32.2 Å². The number of aliphatic imine (C=N–C) groups is 1. The van der Waals surface area contributed by atoms with Gasteiger partial charge in [-0.1, -0.05) is 43.0 Å². The van der Waals surface area contributed by atoms with Crippen molar-refractivity contribution in [1.82, 2.24) is 16.0 Å². The first-order chi connectivity index (χ1) is 17.0. The zero-order valence-corrected chi connectivity index (χ0v) is 20.4. The highest BCUT2D eigenvalue weighted by atomic mass is 16.5. The minimum atomic E-state index is -0.0754. The summed E-state index contributed by atoms with van der Waals surface area (Å²) in [4.78, 5) is 4.59. The molecule has 35 heavy (non-hydrogen) atoms. The van der Waals surface area contributed by atoms with Gasteiger partial charge in [0.2, 0.25) is 5.96 Å². The summed E-state index contributed by atoms with van der Waals surface area (Å²) in [7, 11) is 1.59. The Morgan fingerprint density at radius 3 is 2.54 bits per heavy atom. The van der Waals surface area contributed by atoms with E-state index < -0.39 is 0 Å². The number of nitriles is 1. The molecule has 0 saturated heterocycles. The third-order valence-corrected chi connectivity index (χ3v) is 7.21. The summed E-state index contributed by atoms with van der Waals surface area (Å²) in [5, 5.41) is 29.3. The molecule has 184 valence electrons. The van der Waals surface area contributed by atoms with E-state index in [1.54, 1.807) is 19.2 Å². The Kier molecular flexibility index (Phi) is 7.81. The van der Waals surface area contributed by atoms with Crippen molar-refractivity contribution in [3.63, 3.8) is 0 Å². The first-order valence-electron chi connectivity index (χ1n) is 12.4. The van der Waals surface area contributed by atoms with Crippen LogP contribution in [0, 0.1) is 17.4 Å². The van der Waals surface area contributed by atoms with Crippen molar-refractivity contribution < 1.29 is 9.84 Å². The zero-order valence-electron chi connectivity index (χ0n) is 20.4. The van der Waals surface area contributed by atoms with Gasteiger partial charge in [0.15, 0.2) is 6.19 Å². The molecule has 2 aliphatic carbocycles. The number of phenols is 1. The SMILES string of the molecule is C=C(NCC1(c2ccccc2)CCC(NC(=NCC2CC2)NC#N)CC1)c1c(O)cccc1OC. The van der Waals surface area contributed by atoms with Crippen molar-refractivity contribution in [2.24, 2.45) is 10.9 Å². The first-order valence-corrected chi connectivity index (χ1v) is 12.4. The molecule has 2 aliphatic rings. The van der Waals surface area contributed by atoms with Gasteiger partial charge in [0.25, 0.3) is 0 Å². The fraction of sp³-hybridized carbons (Fsp3) is 0.429. The van der Waals surface area contributed by atoms with Gasteiger partial charge in [-0.25, -0.2) is 0 Å². The van der Waals surface area contributed by atoms with E-state index in [-0.39, 0.29) is 17.2 Å². The van der Waals surface area contributed by atoms with Crippen molar-refractivity contribution in [1.29, 1.82) is 5.26 Å². The number of benzene rings is 2. The lowest BCUT2D eigenvalue weighted by molar-refractivity contribution is 0.257. The molecular formula is C28H35N5O2. The number of nitrogens with one attached hydrogen (secondary N) is 3. The smallest absolute Gasteiger partial charge is 0.204 e. The summed E-state index contributed by atoms with van der Waals surface area (Å²) in [5.41, 5.74) is 2.45. The molecule has 0 spiro atoms. The van der Waals surface area contributed by atoms with E-state index in [4.69, 9.17) is 10.00 Å². The summed E-state index contributed by atoms with van der Waals surface area (Å²) in [6.07, 6.45) is 8.33. The van der Waals surface area contributed by atoms with E-state index >= 15 is 0 Å². The second kappa shape index (κ2) is 11.2. The molecule has 2 aromatic rings. The first kappa shape index (κ1) is 24.5. The molecule has 0 amide bonds. The van der Waals surface area contributed by atoms with Gasteiger partial charge in [0.05, 0.1) is 12.7 Å². The molecule has 0 aromatic heterocycles. The Balaban J connectivity index is 1.45. The van der Waals surface area contributed by atoms with Crippen LogP contribution in [0.25, 0.3) is 5.70 Å². The van der Waals surface area contributed by atoms with Gasteiger partial charge in [-0.05, 0) is 62.1 Å². The quantitative estimate of drug-likeness (QED) is 0.188. The van der Waals surface area contributed by atoms with E-state index in [1.807, 2.05) is 18.3 Å². The molecule has 0 atom stereocenters. The minimum absolute atomic E-state index is 0.0754. The normalized spacial score (nSPS) is 22.1. The van der Waals surface area contributed by atoms with Crippen LogP contribution in [-0.4, -0.2) is 37.3 Å². The third kappa shape index (κ3) is 6.07. The van der Waals surface area contributed by atoms with Crippen molar-refractivity contribution >= 4 is 11.7 Å². The molecule has 4 N–H and O–H groups in total. The Bertz CT molecular complexity index is 1080. The summed E-state index contributed by atoms with van der Waals surface area (Å²) in [5.74, 6) is 2.00. The van der Waals surface area contributed by atoms with Crippen LogP contribution in [0.2, 0.25) is 0 Å². The number of guanidine groups is 1. The third-order valence-electron chi connectivity index (χ3n) is 7.21. The van der Waals surface area contributed by atoms with E-state index in [2.05, 4.69) is 51.8 Å². The summed E-state index contributed by atoms with van der Waals surface area (Å²) < 4.78 is 5.45. The molecule has 2 fully saturated rings. The van der Waals surface area contributed by atoms with Crippen molar-refractivity contribution in [3.05, 3.63) is 66.2 Å². The van der Waals surface area contributed by atoms with Gasteiger partial charge in [-0.3, -0.25) is 10.3 Å². The monoisotopic (exact) mass is 473 g/mol. The number of nitrogens with zero attached hydrogens (tertiary/aromatic N) is 2. The molecule has 4 rings (SSSR count). The molecule has 0 bridgehead atoms.